The zero-order chi connectivity index (χ0) is 12.9. The number of benzene rings is 1. The molecule has 1 aromatic heterocycles. The molecular formula is C15H18N2OS. The van der Waals surface area contributed by atoms with Crippen LogP contribution in [-0.4, -0.2) is 36.2 Å². The average Bonchev–Trinajstić information content (AvgIpc) is 2.88. The second-order valence-corrected chi connectivity index (χ2v) is 5.73. The fourth-order valence-electron chi connectivity index (χ4n) is 2.26. The van der Waals surface area contributed by atoms with Crippen LogP contribution in [0.3, 0.4) is 0 Å². The highest BCUT2D eigenvalue weighted by Crippen LogP contribution is 2.16. The first kappa shape index (κ1) is 12.8. The smallest absolute Gasteiger partial charge is 0.107 e. The molecular weight excluding hydrogens is 256 g/mol. The normalized spacial score (nSPS) is 16.6. The van der Waals surface area contributed by atoms with Gasteiger partial charge >= 0.3 is 0 Å². The molecule has 0 saturated carbocycles. The molecule has 0 unspecified atom stereocenters. The summed E-state index contributed by atoms with van der Waals surface area (Å²) in [6.07, 6.45) is 0.931. The van der Waals surface area contributed by atoms with Crippen molar-refractivity contribution in [1.82, 2.24) is 9.88 Å². The van der Waals surface area contributed by atoms with Crippen molar-refractivity contribution < 1.29 is 4.74 Å². The SMILES string of the molecule is c1ccc(Cc2csc(CN3CCOCC3)n2)cc1. The molecule has 2 heterocycles. The van der Waals surface area contributed by atoms with E-state index >= 15 is 0 Å². The van der Waals surface area contributed by atoms with Crippen molar-refractivity contribution in [2.24, 2.45) is 0 Å². The molecule has 0 aliphatic carbocycles. The molecule has 1 aliphatic rings. The molecule has 100 valence electrons. The predicted octanol–water partition coefficient (Wildman–Crippen LogP) is 2.57. The molecule has 0 atom stereocenters. The van der Waals surface area contributed by atoms with Gasteiger partial charge in [0.25, 0.3) is 0 Å². The van der Waals surface area contributed by atoms with E-state index in [-0.39, 0.29) is 0 Å². The van der Waals surface area contributed by atoms with Gasteiger partial charge in [0, 0.05) is 24.9 Å². The fraction of sp³-hybridized carbons (Fsp3) is 0.400. The van der Waals surface area contributed by atoms with Crippen LogP contribution in [0.5, 0.6) is 0 Å². The van der Waals surface area contributed by atoms with Crippen molar-refractivity contribution >= 4 is 11.3 Å². The summed E-state index contributed by atoms with van der Waals surface area (Å²) >= 11 is 1.77. The monoisotopic (exact) mass is 274 g/mol. The average molecular weight is 274 g/mol. The van der Waals surface area contributed by atoms with E-state index < -0.39 is 0 Å². The van der Waals surface area contributed by atoms with Crippen LogP contribution >= 0.6 is 11.3 Å². The molecule has 0 radical (unpaired) electrons. The first-order valence-electron chi connectivity index (χ1n) is 6.67. The van der Waals surface area contributed by atoms with Gasteiger partial charge in [-0.3, -0.25) is 4.90 Å². The van der Waals surface area contributed by atoms with Gasteiger partial charge in [-0.25, -0.2) is 4.98 Å². The fourth-order valence-corrected chi connectivity index (χ4v) is 3.09. The minimum Gasteiger partial charge on any atom is -0.379 e. The van der Waals surface area contributed by atoms with Crippen molar-refractivity contribution in [3.8, 4) is 0 Å². The van der Waals surface area contributed by atoms with E-state index in [0.29, 0.717) is 0 Å². The molecule has 1 aromatic carbocycles. The number of rotatable bonds is 4. The Morgan fingerprint density at radius 2 is 1.95 bits per heavy atom. The van der Waals surface area contributed by atoms with Crippen molar-refractivity contribution in [2.75, 3.05) is 26.3 Å². The van der Waals surface area contributed by atoms with Crippen molar-refractivity contribution in [3.63, 3.8) is 0 Å². The predicted molar refractivity (Wildman–Crippen MR) is 77.5 cm³/mol. The largest absolute Gasteiger partial charge is 0.379 e. The van der Waals surface area contributed by atoms with E-state index in [1.807, 2.05) is 0 Å². The molecule has 1 fully saturated rings. The highest BCUT2D eigenvalue weighted by molar-refractivity contribution is 7.09. The summed E-state index contributed by atoms with van der Waals surface area (Å²) in [5.41, 5.74) is 2.50. The quantitative estimate of drug-likeness (QED) is 0.857. The third kappa shape index (κ3) is 3.62. The van der Waals surface area contributed by atoms with Crippen LogP contribution in [0.15, 0.2) is 35.7 Å². The molecule has 0 bridgehead atoms. The molecule has 0 spiro atoms. The van der Waals surface area contributed by atoms with E-state index in [0.717, 1.165) is 39.3 Å². The van der Waals surface area contributed by atoms with Gasteiger partial charge in [-0.2, -0.15) is 0 Å². The van der Waals surface area contributed by atoms with Crippen LogP contribution in [0.4, 0.5) is 0 Å². The molecule has 0 amide bonds. The minimum atomic E-state index is 0.849. The lowest BCUT2D eigenvalue weighted by Gasteiger charge is -2.25. The lowest BCUT2D eigenvalue weighted by Crippen LogP contribution is -2.35. The number of thiazole rings is 1. The van der Waals surface area contributed by atoms with Gasteiger partial charge in [0.2, 0.25) is 0 Å². The van der Waals surface area contributed by atoms with Crippen LogP contribution in [0, 0.1) is 0 Å². The first-order valence-corrected chi connectivity index (χ1v) is 7.55. The highest BCUT2D eigenvalue weighted by Gasteiger charge is 2.12. The third-order valence-corrected chi connectivity index (χ3v) is 4.17. The van der Waals surface area contributed by atoms with Crippen LogP contribution < -0.4 is 0 Å². The van der Waals surface area contributed by atoms with E-state index in [2.05, 4.69) is 40.6 Å². The summed E-state index contributed by atoms with van der Waals surface area (Å²) in [6, 6.07) is 10.5. The Hall–Kier alpha value is -1.23. The van der Waals surface area contributed by atoms with Crippen LogP contribution in [0.2, 0.25) is 0 Å². The Kier molecular flexibility index (Phi) is 4.23. The first-order chi connectivity index (χ1) is 9.40. The number of ether oxygens (including phenoxy) is 1. The van der Waals surface area contributed by atoms with E-state index in [1.165, 1.54) is 16.3 Å². The Morgan fingerprint density at radius 3 is 2.74 bits per heavy atom. The van der Waals surface area contributed by atoms with E-state index in [4.69, 9.17) is 9.72 Å². The Bertz CT molecular complexity index is 506. The van der Waals surface area contributed by atoms with Gasteiger partial charge in [0.15, 0.2) is 0 Å². The van der Waals surface area contributed by atoms with Crippen LogP contribution in [0.1, 0.15) is 16.3 Å². The summed E-state index contributed by atoms with van der Waals surface area (Å²) < 4.78 is 5.36. The summed E-state index contributed by atoms with van der Waals surface area (Å²) in [5.74, 6) is 0. The molecule has 1 aliphatic heterocycles. The molecule has 2 aromatic rings. The Balaban J connectivity index is 1.59. The molecule has 4 heteroatoms. The molecule has 0 N–H and O–H groups in total. The van der Waals surface area contributed by atoms with Crippen molar-refractivity contribution in [3.05, 3.63) is 52.0 Å². The maximum Gasteiger partial charge on any atom is 0.107 e. The maximum atomic E-state index is 5.36. The lowest BCUT2D eigenvalue weighted by molar-refractivity contribution is 0.0341. The topological polar surface area (TPSA) is 25.4 Å². The van der Waals surface area contributed by atoms with Crippen LogP contribution in [-0.2, 0) is 17.7 Å². The molecule has 19 heavy (non-hydrogen) atoms. The van der Waals surface area contributed by atoms with E-state index in [1.54, 1.807) is 11.3 Å². The van der Waals surface area contributed by atoms with Gasteiger partial charge in [-0.1, -0.05) is 30.3 Å². The summed E-state index contributed by atoms with van der Waals surface area (Å²) in [4.78, 5) is 7.15. The minimum absolute atomic E-state index is 0.849. The van der Waals surface area contributed by atoms with Crippen LogP contribution in [0.25, 0.3) is 0 Å². The highest BCUT2D eigenvalue weighted by atomic mass is 32.1. The van der Waals surface area contributed by atoms with Gasteiger partial charge in [0.1, 0.15) is 5.01 Å². The summed E-state index contributed by atoms with van der Waals surface area (Å²) in [5, 5.41) is 3.40. The second-order valence-electron chi connectivity index (χ2n) is 4.78. The number of aromatic nitrogens is 1. The number of morpholine rings is 1. The number of nitrogens with zero attached hydrogens (tertiary/aromatic N) is 2. The van der Waals surface area contributed by atoms with Gasteiger partial charge < -0.3 is 4.74 Å². The molecule has 3 rings (SSSR count). The lowest BCUT2D eigenvalue weighted by atomic mass is 10.1. The Labute approximate surface area is 117 Å². The summed E-state index contributed by atoms with van der Waals surface area (Å²) in [7, 11) is 0. The van der Waals surface area contributed by atoms with Gasteiger partial charge in [-0.05, 0) is 5.56 Å². The maximum absolute atomic E-state index is 5.36. The second kappa shape index (κ2) is 6.28. The number of hydrogen-bond donors (Lipinski definition) is 0. The zero-order valence-corrected chi connectivity index (χ0v) is 11.7. The number of hydrogen-bond acceptors (Lipinski definition) is 4. The zero-order valence-electron chi connectivity index (χ0n) is 10.9. The van der Waals surface area contributed by atoms with Gasteiger partial charge in [0.05, 0.1) is 25.5 Å². The third-order valence-electron chi connectivity index (χ3n) is 3.29. The van der Waals surface area contributed by atoms with Crippen molar-refractivity contribution in [1.29, 1.82) is 0 Å². The molecule has 1 saturated heterocycles. The standard InChI is InChI=1S/C15H18N2OS/c1-2-4-13(5-3-1)10-14-12-19-15(16-14)11-17-6-8-18-9-7-17/h1-5,12H,6-11H2. The molecule has 3 nitrogen and oxygen atoms in total. The van der Waals surface area contributed by atoms with Gasteiger partial charge in [-0.15, -0.1) is 11.3 Å². The van der Waals surface area contributed by atoms with Crippen molar-refractivity contribution in [2.45, 2.75) is 13.0 Å². The summed E-state index contributed by atoms with van der Waals surface area (Å²) in [6.45, 7) is 4.70. The Morgan fingerprint density at radius 1 is 1.16 bits per heavy atom. The van der Waals surface area contributed by atoms with E-state index in [9.17, 15) is 0 Å².